The molecule has 0 amide bonds. The van der Waals surface area contributed by atoms with Crippen LogP contribution in [-0.2, 0) is 0 Å². The molecule has 2 aliphatic heterocycles. The molecule has 2 rings (SSSR count). The Morgan fingerprint density at radius 1 is 1.17 bits per heavy atom. The summed E-state index contributed by atoms with van der Waals surface area (Å²) in [4.78, 5) is 1.25. The second-order valence-corrected chi connectivity index (χ2v) is 3.96. The average Bonchev–Trinajstić information content (AvgIpc) is 2.31. The lowest BCUT2D eigenvalue weighted by atomic mass is 9.98. The maximum absolute atomic E-state index is 9.53. The maximum atomic E-state index is 9.53. The fourth-order valence-corrected chi connectivity index (χ4v) is 2.41. The summed E-state index contributed by atoms with van der Waals surface area (Å²) >= 11 is 0. The van der Waals surface area contributed by atoms with Crippen molar-refractivity contribution in [3.63, 3.8) is 0 Å². The molecule has 0 saturated carbocycles. The fourth-order valence-electron chi connectivity index (χ4n) is 2.41. The van der Waals surface area contributed by atoms with E-state index in [1.807, 2.05) is 0 Å². The third-order valence-electron chi connectivity index (χ3n) is 3.13. The predicted octanol–water partition coefficient (Wildman–Crippen LogP) is -2.87. The summed E-state index contributed by atoms with van der Waals surface area (Å²) < 4.78 is 0. The Kier molecular flexibility index (Phi) is 2.08. The van der Waals surface area contributed by atoms with Crippen molar-refractivity contribution in [2.45, 2.75) is 37.2 Å². The maximum Gasteiger partial charge on any atom is 0.137 e. The molecule has 0 bridgehead atoms. The van der Waals surface area contributed by atoms with Crippen LogP contribution in [0, 0.1) is 0 Å². The first-order valence-corrected chi connectivity index (χ1v) is 4.57. The Labute approximate surface area is 71.4 Å². The fraction of sp³-hybridized carbons (Fsp3) is 1.00. The van der Waals surface area contributed by atoms with Gasteiger partial charge in [0.1, 0.15) is 24.8 Å². The summed E-state index contributed by atoms with van der Waals surface area (Å²) in [6.07, 6.45) is -0.0669. The van der Waals surface area contributed by atoms with Crippen LogP contribution in [0.4, 0.5) is 0 Å². The largest absolute Gasteiger partial charge is 0.393 e. The first-order valence-electron chi connectivity index (χ1n) is 4.57. The number of hydrogen-bond donors (Lipinski definition) is 4. The molecule has 0 radical (unpaired) electrons. The number of aliphatic hydroxyl groups is 3. The van der Waals surface area contributed by atoms with Crippen LogP contribution in [0.1, 0.15) is 12.8 Å². The van der Waals surface area contributed by atoms with Crippen LogP contribution in [0.3, 0.4) is 0 Å². The number of piperidine rings is 1. The van der Waals surface area contributed by atoms with Gasteiger partial charge in [-0.2, -0.15) is 0 Å². The van der Waals surface area contributed by atoms with Crippen molar-refractivity contribution in [3.05, 3.63) is 0 Å². The molecule has 4 N–H and O–H groups in total. The van der Waals surface area contributed by atoms with Crippen LogP contribution in [0.15, 0.2) is 0 Å². The van der Waals surface area contributed by atoms with E-state index in [4.69, 9.17) is 0 Å². The van der Waals surface area contributed by atoms with Gasteiger partial charge >= 0.3 is 0 Å². The smallest absolute Gasteiger partial charge is 0.137 e. The molecule has 2 heterocycles. The number of rotatable bonds is 0. The van der Waals surface area contributed by atoms with E-state index in [1.54, 1.807) is 0 Å². The Morgan fingerprint density at radius 2 is 1.92 bits per heavy atom. The van der Waals surface area contributed by atoms with E-state index in [9.17, 15) is 15.3 Å². The summed E-state index contributed by atoms with van der Waals surface area (Å²) in [6.45, 7) is 1.51. The Hall–Kier alpha value is -0.160. The normalized spacial score (nSPS) is 53.8. The van der Waals surface area contributed by atoms with Crippen molar-refractivity contribution in [1.82, 2.24) is 0 Å². The number of aliphatic hydroxyl groups excluding tert-OH is 3. The van der Waals surface area contributed by atoms with Gasteiger partial charge in [0.05, 0.1) is 12.6 Å². The number of quaternary nitrogens is 1. The first kappa shape index (κ1) is 8.44. The Bertz CT molecular complexity index is 176. The highest BCUT2D eigenvalue weighted by Gasteiger charge is 2.46. The van der Waals surface area contributed by atoms with Gasteiger partial charge < -0.3 is 20.2 Å². The average molecular weight is 174 g/mol. The SMILES string of the molecule is O[C@@H]1CC[NH+]2C[C@H](O)[C@@H](O)[C@@H]2C1. The summed E-state index contributed by atoms with van der Waals surface area (Å²) in [5.74, 6) is 0. The lowest BCUT2D eigenvalue weighted by molar-refractivity contribution is -0.921. The molecule has 2 saturated heterocycles. The number of fused-ring (bicyclic) bond motifs is 1. The molecule has 12 heavy (non-hydrogen) atoms. The van der Waals surface area contributed by atoms with Gasteiger partial charge in [0.25, 0.3) is 0 Å². The van der Waals surface area contributed by atoms with Gasteiger partial charge in [0.15, 0.2) is 0 Å². The minimum absolute atomic E-state index is 0.0590. The van der Waals surface area contributed by atoms with Crippen LogP contribution < -0.4 is 4.90 Å². The Balaban J connectivity index is 2.05. The van der Waals surface area contributed by atoms with Crippen LogP contribution in [-0.4, -0.2) is 52.8 Å². The van der Waals surface area contributed by atoms with Crippen molar-refractivity contribution < 1.29 is 20.2 Å². The first-order chi connectivity index (χ1) is 5.68. The Morgan fingerprint density at radius 3 is 2.67 bits per heavy atom. The molecular weight excluding hydrogens is 158 g/mol. The zero-order valence-electron chi connectivity index (χ0n) is 6.98. The van der Waals surface area contributed by atoms with Gasteiger partial charge in [-0.3, -0.25) is 0 Å². The summed E-state index contributed by atoms with van der Waals surface area (Å²) in [5.41, 5.74) is 0. The molecule has 70 valence electrons. The quantitative estimate of drug-likeness (QED) is 0.319. The minimum atomic E-state index is -0.630. The molecule has 0 aliphatic carbocycles. The molecule has 0 aromatic carbocycles. The molecule has 4 heteroatoms. The van der Waals surface area contributed by atoms with E-state index >= 15 is 0 Å². The minimum Gasteiger partial charge on any atom is -0.393 e. The van der Waals surface area contributed by atoms with Crippen molar-refractivity contribution >= 4 is 0 Å². The van der Waals surface area contributed by atoms with E-state index in [1.165, 1.54) is 4.90 Å². The highest BCUT2D eigenvalue weighted by Crippen LogP contribution is 2.14. The van der Waals surface area contributed by atoms with Gasteiger partial charge in [-0.15, -0.1) is 0 Å². The molecular formula is C8H16NO3+. The molecule has 2 aliphatic rings. The second kappa shape index (κ2) is 2.96. The third kappa shape index (κ3) is 1.25. The molecule has 2 fully saturated rings. The monoisotopic (exact) mass is 174 g/mol. The standard InChI is InChI=1S/C8H15NO3/c10-5-1-2-9-4-7(11)8(12)6(9)3-5/h5-8,10-12H,1-4H2/p+1/t5-,6+,7+,8+/m1/s1. The van der Waals surface area contributed by atoms with Crippen LogP contribution in [0.2, 0.25) is 0 Å². The third-order valence-corrected chi connectivity index (χ3v) is 3.13. The number of nitrogens with one attached hydrogen (secondary N) is 1. The van der Waals surface area contributed by atoms with Crippen molar-refractivity contribution in [3.8, 4) is 0 Å². The molecule has 0 aromatic heterocycles. The van der Waals surface area contributed by atoms with E-state index in [2.05, 4.69) is 0 Å². The van der Waals surface area contributed by atoms with E-state index < -0.39 is 12.2 Å². The van der Waals surface area contributed by atoms with Gasteiger partial charge in [0.2, 0.25) is 0 Å². The topological polar surface area (TPSA) is 65.1 Å². The summed E-state index contributed by atoms with van der Waals surface area (Å²) in [6, 6.07) is 0.0590. The van der Waals surface area contributed by atoms with E-state index in [0.29, 0.717) is 13.0 Å². The van der Waals surface area contributed by atoms with Crippen LogP contribution in [0.25, 0.3) is 0 Å². The van der Waals surface area contributed by atoms with Crippen LogP contribution >= 0.6 is 0 Å². The van der Waals surface area contributed by atoms with E-state index in [0.717, 1.165) is 13.0 Å². The zero-order chi connectivity index (χ0) is 8.72. The highest BCUT2D eigenvalue weighted by atomic mass is 16.3. The van der Waals surface area contributed by atoms with E-state index in [-0.39, 0.29) is 12.1 Å². The molecule has 1 unspecified atom stereocenters. The van der Waals surface area contributed by atoms with Crippen LogP contribution in [0.5, 0.6) is 0 Å². The van der Waals surface area contributed by atoms with Crippen molar-refractivity contribution in [2.24, 2.45) is 0 Å². The zero-order valence-corrected chi connectivity index (χ0v) is 6.98. The molecule has 0 spiro atoms. The van der Waals surface area contributed by atoms with Crippen molar-refractivity contribution in [2.75, 3.05) is 13.1 Å². The summed E-state index contributed by atoms with van der Waals surface area (Å²) in [7, 11) is 0. The summed E-state index contributed by atoms with van der Waals surface area (Å²) in [5, 5.41) is 28.2. The molecule has 0 aromatic rings. The lowest BCUT2D eigenvalue weighted by Gasteiger charge is -2.30. The van der Waals surface area contributed by atoms with Gasteiger partial charge in [-0.05, 0) is 0 Å². The highest BCUT2D eigenvalue weighted by molar-refractivity contribution is 4.85. The molecule has 5 atom stereocenters. The van der Waals surface area contributed by atoms with Gasteiger partial charge in [-0.1, -0.05) is 0 Å². The van der Waals surface area contributed by atoms with Gasteiger partial charge in [-0.25, -0.2) is 0 Å². The number of hydrogen-bond acceptors (Lipinski definition) is 3. The van der Waals surface area contributed by atoms with Crippen molar-refractivity contribution in [1.29, 1.82) is 0 Å². The molecule has 4 nitrogen and oxygen atoms in total. The lowest BCUT2D eigenvalue weighted by Crippen LogP contribution is -3.15. The second-order valence-electron chi connectivity index (χ2n) is 3.96. The van der Waals surface area contributed by atoms with Gasteiger partial charge in [0, 0.05) is 12.8 Å². The predicted molar refractivity (Wildman–Crippen MR) is 41.7 cm³/mol.